The van der Waals surface area contributed by atoms with Crippen molar-refractivity contribution in [3.63, 3.8) is 0 Å². The monoisotopic (exact) mass is 398 g/mol. The second-order valence-corrected chi connectivity index (χ2v) is 6.35. The molecular formula is C15H12BrFN2O3S. The number of thioether (sulfide) groups is 1. The van der Waals surface area contributed by atoms with Crippen LogP contribution in [0.5, 0.6) is 0 Å². The number of hydrogen-bond acceptors (Lipinski definition) is 4. The summed E-state index contributed by atoms with van der Waals surface area (Å²) in [7, 11) is 0. The minimum absolute atomic E-state index is 0.0442. The summed E-state index contributed by atoms with van der Waals surface area (Å²) in [6, 6.07) is 8.70. The van der Waals surface area contributed by atoms with Crippen molar-refractivity contribution in [3.05, 3.63) is 67.9 Å². The van der Waals surface area contributed by atoms with Crippen LogP contribution in [0, 0.1) is 15.9 Å². The third kappa shape index (κ3) is 4.29. The summed E-state index contributed by atoms with van der Waals surface area (Å²) in [5.41, 5.74) is -0.0383. The Balaban J connectivity index is 2.23. The van der Waals surface area contributed by atoms with E-state index in [9.17, 15) is 19.3 Å². The number of halogens is 2. The Labute approximate surface area is 144 Å². The van der Waals surface area contributed by atoms with Gasteiger partial charge >= 0.3 is 0 Å². The van der Waals surface area contributed by atoms with Gasteiger partial charge in [0.25, 0.3) is 11.6 Å². The number of carbonyl (C=O) groups excluding carboxylic acids is 1. The molecule has 0 bridgehead atoms. The molecule has 8 heteroatoms. The summed E-state index contributed by atoms with van der Waals surface area (Å²) in [5, 5.41) is 13.6. The molecule has 0 saturated carbocycles. The highest BCUT2D eigenvalue weighted by atomic mass is 79.9. The van der Waals surface area contributed by atoms with Crippen molar-refractivity contribution in [1.82, 2.24) is 5.32 Å². The highest BCUT2D eigenvalue weighted by molar-refractivity contribution is 9.10. The maximum atomic E-state index is 13.7. The minimum atomic E-state index is -0.619. The van der Waals surface area contributed by atoms with Crippen LogP contribution < -0.4 is 5.32 Å². The van der Waals surface area contributed by atoms with Gasteiger partial charge in [0.1, 0.15) is 11.4 Å². The number of carbonyl (C=O) groups is 1. The molecule has 0 fully saturated rings. The van der Waals surface area contributed by atoms with Gasteiger partial charge in [0, 0.05) is 27.5 Å². The first-order valence-corrected chi connectivity index (χ1v) is 8.48. The maximum Gasteiger partial charge on any atom is 0.282 e. The third-order valence-corrected chi connectivity index (χ3v) is 4.31. The summed E-state index contributed by atoms with van der Waals surface area (Å²) in [6.07, 6.45) is 1.81. The Hall–Kier alpha value is -1.93. The largest absolute Gasteiger partial charge is 0.348 e. The molecule has 0 heterocycles. The lowest BCUT2D eigenvalue weighted by atomic mass is 10.1. The number of nitro benzene ring substituents is 1. The number of benzene rings is 2. The van der Waals surface area contributed by atoms with Crippen LogP contribution in [0.2, 0.25) is 0 Å². The van der Waals surface area contributed by atoms with Gasteiger partial charge in [-0.1, -0.05) is 15.9 Å². The lowest BCUT2D eigenvalue weighted by Crippen LogP contribution is -2.24. The molecule has 0 unspecified atom stereocenters. The number of amides is 1. The van der Waals surface area contributed by atoms with Gasteiger partial charge in [-0.25, -0.2) is 4.39 Å². The summed E-state index contributed by atoms with van der Waals surface area (Å²) in [6.45, 7) is -0.0647. The molecule has 0 atom stereocenters. The van der Waals surface area contributed by atoms with Crippen LogP contribution in [0.4, 0.5) is 10.1 Å². The van der Waals surface area contributed by atoms with E-state index in [-0.39, 0.29) is 23.4 Å². The van der Waals surface area contributed by atoms with E-state index in [1.54, 1.807) is 24.5 Å². The minimum Gasteiger partial charge on any atom is -0.348 e. The Kier molecular flexibility index (Phi) is 5.73. The zero-order valence-corrected chi connectivity index (χ0v) is 14.4. The van der Waals surface area contributed by atoms with Crippen LogP contribution in [0.25, 0.3) is 0 Å². The van der Waals surface area contributed by atoms with Crippen molar-refractivity contribution < 1.29 is 14.1 Å². The zero-order chi connectivity index (χ0) is 17.0. The predicted molar refractivity (Wildman–Crippen MR) is 90.1 cm³/mol. The Morgan fingerprint density at radius 1 is 1.35 bits per heavy atom. The van der Waals surface area contributed by atoms with Crippen molar-refractivity contribution in [2.24, 2.45) is 0 Å². The van der Waals surface area contributed by atoms with Gasteiger partial charge in [0.15, 0.2) is 0 Å². The van der Waals surface area contributed by atoms with Crippen LogP contribution in [0.3, 0.4) is 0 Å². The van der Waals surface area contributed by atoms with Crippen LogP contribution in [-0.4, -0.2) is 17.1 Å². The van der Waals surface area contributed by atoms with Crippen molar-refractivity contribution >= 4 is 39.3 Å². The van der Waals surface area contributed by atoms with Gasteiger partial charge in [-0.3, -0.25) is 14.9 Å². The molecule has 0 aliphatic carbocycles. The van der Waals surface area contributed by atoms with Crippen molar-refractivity contribution in [1.29, 1.82) is 0 Å². The van der Waals surface area contributed by atoms with Gasteiger partial charge in [-0.2, -0.15) is 0 Å². The van der Waals surface area contributed by atoms with Crippen LogP contribution in [-0.2, 0) is 6.54 Å². The lowest BCUT2D eigenvalue weighted by Gasteiger charge is -2.08. The van der Waals surface area contributed by atoms with Gasteiger partial charge in [-0.15, -0.1) is 11.8 Å². The van der Waals surface area contributed by atoms with Crippen molar-refractivity contribution in [3.8, 4) is 0 Å². The molecule has 1 amide bonds. The van der Waals surface area contributed by atoms with E-state index in [1.807, 2.05) is 0 Å². The number of nitrogens with one attached hydrogen (secondary N) is 1. The van der Waals surface area contributed by atoms with Crippen LogP contribution >= 0.6 is 27.7 Å². The van der Waals surface area contributed by atoms with E-state index < -0.39 is 16.6 Å². The average Bonchev–Trinajstić information content (AvgIpc) is 2.54. The van der Waals surface area contributed by atoms with E-state index in [0.29, 0.717) is 4.47 Å². The first-order chi connectivity index (χ1) is 10.9. The Morgan fingerprint density at radius 2 is 2.09 bits per heavy atom. The zero-order valence-electron chi connectivity index (χ0n) is 12.0. The first-order valence-electron chi connectivity index (χ1n) is 6.47. The second kappa shape index (κ2) is 7.56. The summed E-state index contributed by atoms with van der Waals surface area (Å²) in [4.78, 5) is 23.4. The highest BCUT2D eigenvalue weighted by Crippen LogP contribution is 2.25. The number of rotatable bonds is 5. The first kappa shape index (κ1) is 17.4. The van der Waals surface area contributed by atoms with Crippen molar-refractivity contribution in [2.45, 2.75) is 11.4 Å². The summed E-state index contributed by atoms with van der Waals surface area (Å²) >= 11 is 4.60. The van der Waals surface area contributed by atoms with E-state index >= 15 is 0 Å². The molecule has 5 nitrogen and oxygen atoms in total. The number of nitrogens with zero attached hydrogens (tertiary/aromatic N) is 1. The molecule has 0 spiro atoms. The fourth-order valence-corrected chi connectivity index (χ4v) is 2.78. The fourth-order valence-electron chi connectivity index (χ4n) is 1.93. The van der Waals surface area contributed by atoms with Gasteiger partial charge in [0.05, 0.1) is 4.92 Å². The lowest BCUT2D eigenvalue weighted by molar-refractivity contribution is -0.385. The average molecular weight is 399 g/mol. The van der Waals surface area contributed by atoms with E-state index in [4.69, 9.17) is 0 Å². The molecular weight excluding hydrogens is 387 g/mol. The Morgan fingerprint density at radius 3 is 2.74 bits per heavy atom. The van der Waals surface area contributed by atoms with Gasteiger partial charge < -0.3 is 5.32 Å². The van der Waals surface area contributed by atoms with Crippen LogP contribution in [0.15, 0.2) is 45.8 Å². The molecule has 1 N–H and O–H groups in total. The molecule has 23 heavy (non-hydrogen) atoms. The van der Waals surface area contributed by atoms with Gasteiger partial charge in [0.2, 0.25) is 0 Å². The molecule has 0 aromatic heterocycles. The molecule has 120 valence electrons. The molecule has 0 aliphatic heterocycles. The Bertz CT molecular complexity index is 770. The molecule has 2 aromatic carbocycles. The fraction of sp³-hybridized carbons (Fsp3) is 0.133. The number of hydrogen-bond donors (Lipinski definition) is 1. The molecule has 0 aliphatic rings. The molecule has 2 aromatic rings. The highest BCUT2D eigenvalue weighted by Gasteiger charge is 2.20. The van der Waals surface area contributed by atoms with Gasteiger partial charge in [-0.05, 0) is 36.6 Å². The van der Waals surface area contributed by atoms with E-state index in [0.717, 1.165) is 4.90 Å². The quantitative estimate of drug-likeness (QED) is 0.466. The predicted octanol–water partition coefficient (Wildman–Crippen LogP) is 4.15. The van der Waals surface area contributed by atoms with Crippen molar-refractivity contribution in [2.75, 3.05) is 6.26 Å². The standard InChI is InChI=1S/C15H12BrFN2O3S/c1-23-11-3-5-14(19(21)22)12(7-11)15(20)18-8-9-6-10(16)2-4-13(9)17/h2-7H,8H2,1H3,(H,18,20). The van der Waals surface area contributed by atoms with Crippen LogP contribution in [0.1, 0.15) is 15.9 Å². The summed E-state index contributed by atoms with van der Waals surface area (Å²) in [5.74, 6) is -1.08. The summed E-state index contributed by atoms with van der Waals surface area (Å²) < 4.78 is 14.3. The molecule has 0 saturated heterocycles. The normalized spacial score (nSPS) is 10.4. The number of nitro groups is 1. The second-order valence-electron chi connectivity index (χ2n) is 4.56. The topological polar surface area (TPSA) is 72.2 Å². The van der Waals surface area contributed by atoms with E-state index in [1.165, 1.54) is 30.0 Å². The smallest absolute Gasteiger partial charge is 0.282 e. The third-order valence-electron chi connectivity index (χ3n) is 3.09. The molecule has 0 radical (unpaired) electrons. The molecule has 2 rings (SSSR count). The SMILES string of the molecule is CSc1ccc([N+](=O)[O-])c(C(=O)NCc2cc(Br)ccc2F)c1. The maximum absolute atomic E-state index is 13.7. The van der Waals surface area contributed by atoms with E-state index in [2.05, 4.69) is 21.2 Å².